The predicted octanol–water partition coefficient (Wildman–Crippen LogP) is 1.72. The van der Waals surface area contributed by atoms with Crippen molar-refractivity contribution in [2.24, 2.45) is 4.99 Å². The summed E-state index contributed by atoms with van der Waals surface area (Å²) >= 11 is 0. The number of aliphatic imine (C=N–C) groups is 1. The Labute approximate surface area is 127 Å². The van der Waals surface area contributed by atoms with Crippen LogP contribution in [0.25, 0.3) is 0 Å². The molecule has 1 aromatic carbocycles. The van der Waals surface area contributed by atoms with Crippen LogP contribution >= 0.6 is 0 Å². The number of likely N-dealkylation sites (tertiary alicyclic amines) is 1. The smallest absolute Gasteiger partial charge is 0.435 e. The number of nitrogens with zero attached hydrogens (tertiary/aromatic N) is 3. The molecule has 1 saturated heterocycles. The molecule has 1 aliphatic heterocycles. The minimum absolute atomic E-state index is 0.00374. The van der Waals surface area contributed by atoms with Crippen molar-refractivity contribution in [3.8, 4) is 0 Å². The van der Waals surface area contributed by atoms with Gasteiger partial charge in [0.1, 0.15) is 12.4 Å². The average molecular weight is 307 g/mol. The van der Waals surface area contributed by atoms with E-state index < -0.39 is 11.0 Å². The zero-order chi connectivity index (χ0) is 16.1. The van der Waals surface area contributed by atoms with Gasteiger partial charge in [0.2, 0.25) is 0 Å². The second kappa shape index (κ2) is 6.99. The van der Waals surface area contributed by atoms with Crippen LogP contribution in [0.1, 0.15) is 18.9 Å². The van der Waals surface area contributed by atoms with E-state index in [0.29, 0.717) is 30.9 Å². The highest BCUT2D eigenvalue weighted by molar-refractivity contribution is 5.90. The van der Waals surface area contributed by atoms with Gasteiger partial charge >= 0.3 is 6.09 Å². The molecule has 1 fully saturated rings. The Hall–Kier alpha value is -2.48. The molecule has 1 heterocycles. The van der Waals surface area contributed by atoms with E-state index in [4.69, 9.17) is 4.74 Å². The lowest BCUT2D eigenvalue weighted by Crippen LogP contribution is -2.28. The van der Waals surface area contributed by atoms with E-state index in [9.17, 15) is 20.0 Å². The molecule has 0 aromatic heterocycles. The van der Waals surface area contributed by atoms with Gasteiger partial charge < -0.3 is 14.7 Å². The van der Waals surface area contributed by atoms with Crippen LogP contribution in [0.2, 0.25) is 0 Å². The number of amidine groups is 1. The van der Waals surface area contributed by atoms with Crippen LogP contribution in [0.15, 0.2) is 29.3 Å². The van der Waals surface area contributed by atoms with E-state index in [-0.39, 0.29) is 18.4 Å². The zero-order valence-corrected chi connectivity index (χ0v) is 12.1. The third-order valence-electron chi connectivity index (χ3n) is 3.38. The molecule has 1 amide bonds. The van der Waals surface area contributed by atoms with Gasteiger partial charge in [0, 0.05) is 25.2 Å². The highest BCUT2D eigenvalue weighted by atomic mass is 16.6. The summed E-state index contributed by atoms with van der Waals surface area (Å²) in [5.41, 5.74) is 0.625. The van der Waals surface area contributed by atoms with Crippen LogP contribution < -0.4 is 0 Å². The summed E-state index contributed by atoms with van der Waals surface area (Å²) < 4.78 is 5.00. The highest BCUT2D eigenvalue weighted by Gasteiger charge is 2.21. The Morgan fingerprint density at radius 2 is 2.18 bits per heavy atom. The van der Waals surface area contributed by atoms with Gasteiger partial charge in [-0.15, -0.1) is 0 Å². The number of aliphatic hydroxyl groups is 1. The van der Waals surface area contributed by atoms with Crippen molar-refractivity contribution >= 4 is 17.6 Å². The highest BCUT2D eigenvalue weighted by Crippen LogP contribution is 2.13. The minimum Gasteiger partial charge on any atom is -0.443 e. The molecule has 22 heavy (non-hydrogen) atoms. The quantitative estimate of drug-likeness (QED) is 0.394. The fourth-order valence-corrected chi connectivity index (χ4v) is 2.13. The Morgan fingerprint density at radius 3 is 2.73 bits per heavy atom. The van der Waals surface area contributed by atoms with Crippen molar-refractivity contribution in [1.82, 2.24) is 4.90 Å². The molecule has 2 rings (SSSR count). The Balaban J connectivity index is 1.85. The van der Waals surface area contributed by atoms with E-state index in [2.05, 4.69) is 4.99 Å². The molecule has 0 unspecified atom stereocenters. The molecule has 0 spiro atoms. The molecular formula is C14H17N3O5. The summed E-state index contributed by atoms with van der Waals surface area (Å²) in [7, 11) is 0. The monoisotopic (exact) mass is 307 g/mol. The molecule has 118 valence electrons. The first kappa shape index (κ1) is 15.9. The number of non-ortho nitro benzene ring substituents is 1. The Bertz CT molecular complexity index is 585. The lowest BCUT2D eigenvalue weighted by atomic mass is 10.2. The van der Waals surface area contributed by atoms with Crippen molar-refractivity contribution < 1.29 is 19.6 Å². The number of nitro groups is 1. The second-order valence-corrected chi connectivity index (χ2v) is 5.03. The standard InChI is InChI=1S/C14H17N3O5/c1-10(16-7-6-13(18)8-16)15-14(19)22-9-11-2-4-12(5-3-11)17(20)21/h2-5,13,18H,6-9H2,1H3/t13-/m1/s1. The van der Waals surface area contributed by atoms with Gasteiger partial charge in [-0.25, -0.2) is 4.79 Å². The molecule has 1 N–H and O–H groups in total. The maximum Gasteiger partial charge on any atom is 0.435 e. The predicted molar refractivity (Wildman–Crippen MR) is 78.6 cm³/mol. The number of β-amino-alcohol motifs (C(OH)–C–C–N with tert-alkyl or cyclic N) is 1. The number of carbonyl (C=O) groups is 1. The first-order chi connectivity index (χ1) is 10.5. The lowest BCUT2D eigenvalue weighted by molar-refractivity contribution is -0.384. The number of hydrogen-bond donors (Lipinski definition) is 1. The van der Waals surface area contributed by atoms with Gasteiger partial charge in [-0.2, -0.15) is 4.99 Å². The average Bonchev–Trinajstić information content (AvgIpc) is 2.92. The zero-order valence-electron chi connectivity index (χ0n) is 12.1. The number of nitro benzene ring substituents is 1. The molecule has 1 aromatic rings. The number of ether oxygens (including phenoxy) is 1. The van der Waals surface area contributed by atoms with Gasteiger partial charge in [-0.05, 0) is 31.0 Å². The summed E-state index contributed by atoms with van der Waals surface area (Å²) in [6.45, 7) is 2.80. The summed E-state index contributed by atoms with van der Waals surface area (Å²) in [6.07, 6.45) is -0.455. The molecule has 1 aliphatic rings. The van der Waals surface area contributed by atoms with E-state index in [1.54, 1.807) is 6.92 Å². The normalized spacial score (nSPS) is 18.4. The topological polar surface area (TPSA) is 105 Å². The van der Waals surface area contributed by atoms with E-state index in [0.717, 1.165) is 0 Å². The van der Waals surface area contributed by atoms with Crippen molar-refractivity contribution in [3.63, 3.8) is 0 Å². The van der Waals surface area contributed by atoms with Gasteiger partial charge in [-0.3, -0.25) is 10.1 Å². The van der Waals surface area contributed by atoms with Gasteiger partial charge in [0.15, 0.2) is 0 Å². The minimum atomic E-state index is -0.725. The molecule has 0 aliphatic carbocycles. The first-order valence-corrected chi connectivity index (χ1v) is 6.84. The fourth-order valence-electron chi connectivity index (χ4n) is 2.13. The van der Waals surface area contributed by atoms with E-state index in [1.165, 1.54) is 24.3 Å². The number of amides is 1. The van der Waals surface area contributed by atoms with Crippen LogP contribution in [-0.4, -0.2) is 46.1 Å². The van der Waals surface area contributed by atoms with Gasteiger partial charge in [0.05, 0.1) is 11.0 Å². The van der Waals surface area contributed by atoms with Crippen LogP contribution in [0, 0.1) is 10.1 Å². The third-order valence-corrected chi connectivity index (χ3v) is 3.38. The fraction of sp³-hybridized carbons (Fsp3) is 0.429. The third kappa shape index (κ3) is 4.26. The molecular weight excluding hydrogens is 290 g/mol. The van der Waals surface area contributed by atoms with Crippen LogP contribution in [-0.2, 0) is 11.3 Å². The van der Waals surface area contributed by atoms with E-state index >= 15 is 0 Å². The Morgan fingerprint density at radius 1 is 1.50 bits per heavy atom. The molecule has 0 radical (unpaired) electrons. The molecule has 8 heteroatoms. The summed E-state index contributed by atoms with van der Waals surface area (Å²) in [5, 5.41) is 20.0. The number of carbonyl (C=O) groups excluding carboxylic acids is 1. The molecule has 0 bridgehead atoms. The maximum atomic E-state index is 11.6. The summed E-state index contributed by atoms with van der Waals surface area (Å²) in [5.74, 6) is 0.505. The molecule has 8 nitrogen and oxygen atoms in total. The summed E-state index contributed by atoms with van der Waals surface area (Å²) in [6, 6.07) is 5.75. The van der Waals surface area contributed by atoms with Crippen molar-refractivity contribution in [3.05, 3.63) is 39.9 Å². The Kier molecular flexibility index (Phi) is 5.05. The number of aliphatic hydroxyl groups excluding tert-OH is 1. The number of benzene rings is 1. The largest absolute Gasteiger partial charge is 0.443 e. The van der Waals surface area contributed by atoms with Gasteiger partial charge in [-0.1, -0.05) is 0 Å². The van der Waals surface area contributed by atoms with Crippen molar-refractivity contribution in [2.45, 2.75) is 26.1 Å². The van der Waals surface area contributed by atoms with Crippen LogP contribution in [0.4, 0.5) is 10.5 Å². The number of rotatable bonds is 3. The van der Waals surface area contributed by atoms with Gasteiger partial charge in [0.25, 0.3) is 5.69 Å². The summed E-state index contributed by atoms with van der Waals surface area (Å²) in [4.78, 5) is 27.3. The molecule has 0 saturated carbocycles. The maximum absolute atomic E-state index is 11.6. The number of hydrogen-bond acceptors (Lipinski definition) is 5. The van der Waals surface area contributed by atoms with Crippen LogP contribution in [0.3, 0.4) is 0 Å². The molecule has 1 atom stereocenters. The first-order valence-electron chi connectivity index (χ1n) is 6.84. The lowest BCUT2D eigenvalue weighted by Gasteiger charge is -2.16. The second-order valence-electron chi connectivity index (χ2n) is 5.03. The van der Waals surface area contributed by atoms with E-state index in [1.807, 2.05) is 4.90 Å². The SMILES string of the molecule is CC(=NC(=O)OCc1ccc([N+](=O)[O-])cc1)N1CC[C@@H](O)C1. The van der Waals surface area contributed by atoms with Crippen LogP contribution in [0.5, 0.6) is 0 Å². The van der Waals surface area contributed by atoms with Crippen molar-refractivity contribution in [2.75, 3.05) is 13.1 Å². The van der Waals surface area contributed by atoms with Crippen molar-refractivity contribution in [1.29, 1.82) is 0 Å².